The van der Waals surface area contributed by atoms with Crippen LogP contribution in [-0.2, 0) is 11.6 Å². The quantitative estimate of drug-likeness (QED) is 0.883. The number of amides is 1. The molecule has 0 radical (unpaired) electrons. The van der Waals surface area contributed by atoms with Crippen molar-refractivity contribution in [1.29, 1.82) is 5.26 Å². The van der Waals surface area contributed by atoms with Crippen LogP contribution in [0.3, 0.4) is 0 Å². The van der Waals surface area contributed by atoms with Crippen molar-refractivity contribution < 1.29 is 18.0 Å². The van der Waals surface area contributed by atoms with Crippen LogP contribution in [0.15, 0.2) is 18.2 Å². The Hall–Kier alpha value is -2.03. The van der Waals surface area contributed by atoms with Gasteiger partial charge in [0.15, 0.2) is 0 Å². The van der Waals surface area contributed by atoms with E-state index in [2.05, 4.69) is 0 Å². The topological polar surface area (TPSA) is 66.9 Å². The molecule has 1 rings (SSSR count). The highest BCUT2D eigenvalue weighted by atomic mass is 19.4. The third kappa shape index (κ3) is 2.62. The zero-order valence-electron chi connectivity index (χ0n) is 9.80. The van der Waals surface area contributed by atoms with Gasteiger partial charge in [0.05, 0.1) is 17.0 Å². The number of nitrogens with zero attached hydrogens (tertiary/aromatic N) is 1. The highest BCUT2D eigenvalue weighted by Gasteiger charge is 2.33. The van der Waals surface area contributed by atoms with E-state index in [1.54, 1.807) is 0 Å². The lowest BCUT2D eigenvalue weighted by molar-refractivity contribution is -0.137. The van der Waals surface area contributed by atoms with Gasteiger partial charge in [-0.15, -0.1) is 0 Å². The monoisotopic (exact) mass is 256 g/mol. The summed E-state index contributed by atoms with van der Waals surface area (Å²) in [6.07, 6.45) is -4.56. The highest BCUT2D eigenvalue weighted by Crippen LogP contribution is 2.33. The molecule has 0 heterocycles. The number of nitriles is 1. The van der Waals surface area contributed by atoms with Gasteiger partial charge in [0, 0.05) is 5.56 Å². The van der Waals surface area contributed by atoms with Gasteiger partial charge < -0.3 is 5.73 Å². The maximum Gasteiger partial charge on any atom is 0.416 e. The molecule has 0 saturated heterocycles. The van der Waals surface area contributed by atoms with Crippen LogP contribution in [0.5, 0.6) is 0 Å². The first-order valence-electron chi connectivity index (χ1n) is 5.02. The smallest absolute Gasteiger partial charge is 0.366 e. The van der Waals surface area contributed by atoms with Gasteiger partial charge in [-0.3, -0.25) is 4.79 Å². The minimum Gasteiger partial charge on any atom is -0.366 e. The average Bonchev–Trinajstić information content (AvgIpc) is 2.27. The van der Waals surface area contributed by atoms with Crippen LogP contribution in [0.4, 0.5) is 13.2 Å². The third-order valence-electron chi connectivity index (χ3n) is 2.57. The van der Waals surface area contributed by atoms with E-state index in [-0.39, 0.29) is 11.1 Å². The summed E-state index contributed by atoms with van der Waals surface area (Å²) in [5, 5.41) is 8.96. The van der Waals surface area contributed by atoms with Gasteiger partial charge in [-0.25, -0.2) is 0 Å². The number of primary amides is 1. The van der Waals surface area contributed by atoms with Gasteiger partial charge in [-0.05, 0) is 31.5 Å². The molecule has 0 unspecified atom stereocenters. The fourth-order valence-electron chi connectivity index (χ4n) is 1.53. The van der Waals surface area contributed by atoms with Crippen molar-refractivity contribution in [2.45, 2.75) is 25.4 Å². The van der Waals surface area contributed by atoms with Crippen molar-refractivity contribution in [3.63, 3.8) is 0 Å². The number of benzene rings is 1. The van der Waals surface area contributed by atoms with Crippen LogP contribution in [-0.4, -0.2) is 5.91 Å². The average molecular weight is 256 g/mol. The molecule has 2 N–H and O–H groups in total. The van der Waals surface area contributed by atoms with Gasteiger partial charge in [0.25, 0.3) is 0 Å². The van der Waals surface area contributed by atoms with E-state index >= 15 is 0 Å². The molecule has 3 nitrogen and oxygen atoms in total. The number of alkyl halides is 3. The second-order valence-corrected chi connectivity index (χ2v) is 4.36. The summed E-state index contributed by atoms with van der Waals surface area (Å²) in [6.45, 7) is 3.00. The standard InChI is InChI=1S/C12H11F3N2O/c1-11(2,6-16)9-4-3-7(12(13,14)15)5-8(9)10(17)18/h3-5H,1-2H3,(H2,17,18). The lowest BCUT2D eigenvalue weighted by atomic mass is 9.82. The number of hydrogen-bond acceptors (Lipinski definition) is 2. The molecule has 1 aromatic carbocycles. The Morgan fingerprint density at radius 2 is 1.89 bits per heavy atom. The van der Waals surface area contributed by atoms with Crippen molar-refractivity contribution >= 4 is 5.91 Å². The van der Waals surface area contributed by atoms with Crippen molar-refractivity contribution in [2.24, 2.45) is 5.73 Å². The predicted molar refractivity (Wildman–Crippen MR) is 58.6 cm³/mol. The number of halogens is 3. The SMILES string of the molecule is CC(C)(C#N)c1ccc(C(F)(F)F)cc1C(N)=O. The molecule has 0 saturated carbocycles. The van der Waals surface area contributed by atoms with Gasteiger partial charge in [0.2, 0.25) is 5.91 Å². The molecule has 18 heavy (non-hydrogen) atoms. The summed E-state index contributed by atoms with van der Waals surface area (Å²) in [5.74, 6) is -0.987. The molecule has 0 aliphatic carbocycles. The Balaban J connectivity index is 3.50. The summed E-state index contributed by atoms with van der Waals surface area (Å²) >= 11 is 0. The molecule has 0 aliphatic rings. The lowest BCUT2D eigenvalue weighted by Gasteiger charge is -2.20. The fourth-order valence-corrected chi connectivity index (χ4v) is 1.53. The molecule has 0 atom stereocenters. The Morgan fingerprint density at radius 1 is 1.33 bits per heavy atom. The summed E-state index contributed by atoms with van der Waals surface area (Å²) in [5.41, 5.74) is 2.91. The van der Waals surface area contributed by atoms with E-state index in [1.165, 1.54) is 13.8 Å². The zero-order valence-corrected chi connectivity index (χ0v) is 9.80. The number of hydrogen-bond donors (Lipinski definition) is 1. The number of rotatable bonds is 2. The molecule has 1 amide bonds. The molecule has 0 aromatic heterocycles. The van der Waals surface area contributed by atoms with Crippen molar-refractivity contribution in [1.82, 2.24) is 0 Å². The van der Waals surface area contributed by atoms with E-state index in [9.17, 15) is 18.0 Å². The van der Waals surface area contributed by atoms with E-state index in [0.29, 0.717) is 6.07 Å². The Morgan fingerprint density at radius 3 is 2.28 bits per heavy atom. The summed E-state index contributed by atoms with van der Waals surface area (Å²) in [7, 11) is 0. The molecular weight excluding hydrogens is 245 g/mol. The fraction of sp³-hybridized carbons (Fsp3) is 0.333. The molecule has 0 aliphatic heterocycles. The van der Waals surface area contributed by atoms with E-state index in [1.807, 2.05) is 6.07 Å². The number of carbonyl (C=O) groups excluding carboxylic acids is 1. The molecule has 0 spiro atoms. The minimum absolute atomic E-state index is 0.186. The lowest BCUT2D eigenvalue weighted by Crippen LogP contribution is -2.23. The number of nitrogens with two attached hydrogens (primary N) is 1. The van der Waals surface area contributed by atoms with Gasteiger partial charge >= 0.3 is 6.18 Å². The zero-order chi connectivity index (χ0) is 14.1. The summed E-state index contributed by atoms with van der Waals surface area (Å²) < 4.78 is 37.6. The Labute approximate surface area is 102 Å². The van der Waals surface area contributed by atoms with Crippen LogP contribution in [0.2, 0.25) is 0 Å². The van der Waals surface area contributed by atoms with Crippen molar-refractivity contribution in [3.05, 3.63) is 34.9 Å². The maximum atomic E-state index is 12.5. The molecule has 96 valence electrons. The second kappa shape index (κ2) is 4.33. The van der Waals surface area contributed by atoms with E-state index in [4.69, 9.17) is 11.0 Å². The van der Waals surface area contributed by atoms with Crippen LogP contribution in [0, 0.1) is 11.3 Å². The van der Waals surface area contributed by atoms with Crippen LogP contribution < -0.4 is 5.73 Å². The largest absolute Gasteiger partial charge is 0.416 e. The van der Waals surface area contributed by atoms with Crippen molar-refractivity contribution in [2.75, 3.05) is 0 Å². The normalized spacial score (nSPS) is 12.0. The summed E-state index contributed by atoms with van der Waals surface area (Å²) in [4.78, 5) is 11.2. The molecule has 6 heteroatoms. The molecule has 0 bridgehead atoms. The number of carbonyl (C=O) groups is 1. The Kier molecular flexibility index (Phi) is 3.38. The second-order valence-electron chi connectivity index (χ2n) is 4.36. The van der Waals surface area contributed by atoms with Crippen molar-refractivity contribution in [3.8, 4) is 6.07 Å². The van der Waals surface area contributed by atoms with Gasteiger partial charge in [-0.2, -0.15) is 18.4 Å². The molecule has 1 aromatic rings. The van der Waals surface area contributed by atoms with Gasteiger partial charge in [0.1, 0.15) is 0 Å². The van der Waals surface area contributed by atoms with Crippen LogP contribution in [0.1, 0.15) is 35.3 Å². The molecular formula is C12H11F3N2O. The predicted octanol–water partition coefficient (Wildman–Crippen LogP) is 2.61. The van der Waals surface area contributed by atoms with Gasteiger partial charge in [-0.1, -0.05) is 6.07 Å². The van der Waals surface area contributed by atoms with E-state index < -0.39 is 23.1 Å². The minimum atomic E-state index is -4.56. The van der Waals surface area contributed by atoms with E-state index in [0.717, 1.165) is 12.1 Å². The third-order valence-corrected chi connectivity index (χ3v) is 2.57. The van der Waals surface area contributed by atoms with Crippen LogP contribution >= 0.6 is 0 Å². The maximum absolute atomic E-state index is 12.5. The summed E-state index contributed by atoms with van der Waals surface area (Å²) in [6, 6.07) is 4.55. The first-order valence-corrected chi connectivity index (χ1v) is 5.02. The van der Waals surface area contributed by atoms with Crippen LogP contribution in [0.25, 0.3) is 0 Å². The first-order chi connectivity index (χ1) is 8.09. The Bertz CT molecular complexity index is 527. The highest BCUT2D eigenvalue weighted by molar-refractivity contribution is 5.95. The first kappa shape index (κ1) is 14.0. The molecule has 0 fully saturated rings.